The standard InChI is InChI=1S/C29H23Br2NO2/c1-33-23-13-7-19(8-14-23)28-25-16-15-24(34-2)17-26(25)27(18-3-9-21(30)10-4-18)29(32-28)20-5-11-22(31)12-6-20/h3-17,27,29H,1-2H3/t27-,29-/m1/s1. The molecule has 0 saturated carbocycles. The van der Waals surface area contributed by atoms with E-state index in [-0.39, 0.29) is 12.0 Å². The second-order valence-electron chi connectivity index (χ2n) is 8.18. The molecule has 0 unspecified atom stereocenters. The summed E-state index contributed by atoms with van der Waals surface area (Å²) in [4.78, 5) is 5.39. The van der Waals surface area contributed by atoms with E-state index < -0.39 is 0 Å². The smallest absolute Gasteiger partial charge is 0.119 e. The van der Waals surface area contributed by atoms with E-state index in [9.17, 15) is 0 Å². The normalized spacial score (nSPS) is 17.0. The second-order valence-corrected chi connectivity index (χ2v) is 10.0. The minimum atomic E-state index is -0.0917. The molecule has 2 atom stereocenters. The Morgan fingerprint density at radius 1 is 0.647 bits per heavy atom. The van der Waals surface area contributed by atoms with Crippen LogP contribution in [0.3, 0.4) is 0 Å². The molecular formula is C29H23Br2NO2. The topological polar surface area (TPSA) is 30.8 Å². The van der Waals surface area contributed by atoms with Gasteiger partial charge in [-0.25, -0.2) is 0 Å². The van der Waals surface area contributed by atoms with Crippen LogP contribution in [-0.2, 0) is 0 Å². The van der Waals surface area contributed by atoms with Crippen molar-refractivity contribution in [2.75, 3.05) is 14.2 Å². The fourth-order valence-corrected chi connectivity index (χ4v) is 5.06. The first kappa shape index (κ1) is 22.9. The molecule has 5 heteroatoms. The Bertz CT molecular complexity index is 1330. The molecule has 5 rings (SSSR count). The summed E-state index contributed by atoms with van der Waals surface area (Å²) in [5.74, 6) is 1.71. The predicted molar refractivity (Wildman–Crippen MR) is 144 cm³/mol. The fraction of sp³-hybridized carbons (Fsp3) is 0.138. The van der Waals surface area contributed by atoms with Gasteiger partial charge in [0.25, 0.3) is 0 Å². The molecule has 3 nitrogen and oxygen atoms in total. The fourth-order valence-electron chi connectivity index (χ4n) is 4.53. The molecule has 34 heavy (non-hydrogen) atoms. The molecule has 0 radical (unpaired) electrons. The van der Waals surface area contributed by atoms with Crippen molar-refractivity contribution in [3.63, 3.8) is 0 Å². The van der Waals surface area contributed by atoms with E-state index >= 15 is 0 Å². The van der Waals surface area contributed by atoms with Crippen LogP contribution in [0.15, 0.2) is 105 Å². The van der Waals surface area contributed by atoms with E-state index in [1.807, 2.05) is 18.2 Å². The average Bonchev–Trinajstić information content (AvgIpc) is 2.88. The van der Waals surface area contributed by atoms with Gasteiger partial charge >= 0.3 is 0 Å². The summed E-state index contributed by atoms with van der Waals surface area (Å²) in [5.41, 5.74) is 6.73. The minimum Gasteiger partial charge on any atom is -0.497 e. The van der Waals surface area contributed by atoms with Crippen molar-refractivity contribution in [1.82, 2.24) is 0 Å². The highest BCUT2D eigenvalue weighted by molar-refractivity contribution is 9.10. The zero-order valence-corrected chi connectivity index (χ0v) is 22.0. The number of nitrogens with zero attached hydrogens (tertiary/aromatic N) is 1. The highest BCUT2D eigenvalue weighted by Crippen LogP contribution is 2.46. The third-order valence-electron chi connectivity index (χ3n) is 6.24. The van der Waals surface area contributed by atoms with Crippen molar-refractivity contribution < 1.29 is 9.47 Å². The molecule has 0 aliphatic carbocycles. The van der Waals surface area contributed by atoms with E-state index in [0.29, 0.717) is 0 Å². The Labute approximate surface area is 216 Å². The number of hydrogen-bond acceptors (Lipinski definition) is 3. The number of rotatable bonds is 5. The molecule has 1 heterocycles. The molecule has 170 valence electrons. The van der Waals surface area contributed by atoms with Crippen molar-refractivity contribution >= 4 is 37.6 Å². The molecule has 4 aromatic carbocycles. The molecule has 0 saturated heterocycles. The highest BCUT2D eigenvalue weighted by Gasteiger charge is 2.34. The molecule has 0 amide bonds. The van der Waals surface area contributed by atoms with Gasteiger partial charge in [0, 0.05) is 26.0 Å². The molecule has 0 bridgehead atoms. The van der Waals surface area contributed by atoms with Crippen LogP contribution in [0, 0.1) is 0 Å². The van der Waals surface area contributed by atoms with E-state index in [4.69, 9.17) is 14.5 Å². The van der Waals surface area contributed by atoms with E-state index in [0.717, 1.165) is 42.8 Å². The Morgan fingerprint density at radius 3 is 1.79 bits per heavy atom. The van der Waals surface area contributed by atoms with Crippen molar-refractivity contribution in [3.8, 4) is 11.5 Å². The van der Waals surface area contributed by atoms with E-state index in [2.05, 4.69) is 105 Å². The van der Waals surface area contributed by atoms with Crippen molar-refractivity contribution in [2.45, 2.75) is 12.0 Å². The van der Waals surface area contributed by atoms with Gasteiger partial charge in [0.15, 0.2) is 0 Å². The van der Waals surface area contributed by atoms with Crippen LogP contribution >= 0.6 is 31.9 Å². The molecule has 0 spiro atoms. The summed E-state index contributed by atoms with van der Waals surface area (Å²) in [5, 5.41) is 0. The first-order valence-electron chi connectivity index (χ1n) is 11.0. The molecule has 0 N–H and O–H groups in total. The summed E-state index contributed by atoms with van der Waals surface area (Å²) in [6, 6.07) is 31.3. The molecule has 1 aliphatic rings. The summed E-state index contributed by atoms with van der Waals surface area (Å²) in [6.45, 7) is 0. The van der Waals surface area contributed by atoms with Crippen LogP contribution in [0.5, 0.6) is 11.5 Å². The molecular weight excluding hydrogens is 554 g/mol. The van der Waals surface area contributed by atoms with Gasteiger partial charge in [-0.3, -0.25) is 4.99 Å². The van der Waals surface area contributed by atoms with Gasteiger partial charge < -0.3 is 9.47 Å². The molecule has 0 aromatic heterocycles. The number of hydrogen-bond donors (Lipinski definition) is 0. The lowest BCUT2D eigenvalue weighted by Crippen LogP contribution is -2.23. The average molecular weight is 577 g/mol. The van der Waals surface area contributed by atoms with Crippen LogP contribution in [-0.4, -0.2) is 19.9 Å². The van der Waals surface area contributed by atoms with E-state index in [1.165, 1.54) is 11.1 Å². The number of aliphatic imine (C=N–C) groups is 1. The molecule has 1 aliphatic heterocycles. The molecule has 0 fully saturated rings. The Hall–Kier alpha value is -2.89. The van der Waals surface area contributed by atoms with Crippen LogP contribution < -0.4 is 9.47 Å². The first-order valence-corrected chi connectivity index (χ1v) is 12.6. The van der Waals surface area contributed by atoms with Crippen LogP contribution in [0.2, 0.25) is 0 Å². The largest absolute Gasteiger partial charge is 0.497 e. The van der Waals surface area contributed by atoms with E-state index in [1.54, 1.807) is 14.2 Å². The number of halogens is 2. The summed E-state index contributed by atoms with van der Waals surface area (Å²) in [6.07, 6.45) is 0. The van der Waals surface area contributed by atoms with Crippen molar-refractivity contribution in [3.05, 3.63) is 128 Å². The maximum absolute atomic E-state index is 5.64. The van der Waals surface area contributed by atoms with Gasteiger partial charge in [-0.05, 0) is 83.4 Å². The van der Waals surface area contributed by atoms with Crippen molar-refractivity contribution in [1.29, 1.82) is 0 Å². The monoisotopic (exact) mass is 575 g/mol. The summed E-state index contributed by atoms with van der Waals surface area (Å²) >= 11 is 7.16. The third kappa shape index (κ3) is 4.42. The second kappa shape index (κ2) is 9.77. The number of benzene rings is 4. The number of ether oxygens (including phenoxy) is 2. The number of methoxy groups -OCH3 is 2. The van der Waals surface area contributed by atoms with Crippen LogP contribution in [0.4, 0.5) is 0 Å². The van der Waals surface area contributed by atoms with Gasteiger partial charge in [0.05, 0.1) is 26.0 Å². The summed E-state index contributed by atoms with van der Waals surface area (Å²) in [7, 11) is 3.39. The van der Waals surface area contributed by atoms with Gasteiger partial charge in [0.1, 0.15) is 11.5 Å². The first-order chi connectivity index (χ1) is 16.6. The third-order valence-corrected chi connectivity index (χ3v) is 7.29. The summed E-state index contributed by atoms with van der Waals surface area (Å²) < 4.78 is 13.1. The maximum Gasteiger partial charge on any atom is 0.119 e. The Morgan fingerprint density at radius 2 is 1.21 bits per heavy atom. The highest BCUT2D eigenvalue weighted by atomic mass is 79.9. The Kier molecular flexibility index (Phi) is 6.57. The molecule has 4 aromatic rings. The zero-order chi connectivity index (χ0) is 23.7. The van der Waals surface area contributed by atoms with Gasteiger partial charge in [-0.1, -0.05) is 56.1 Å². The van der Waals surface area contributed by atoms with Crippen LogP contribution in [0.1, 0.15) is 39.8 Å². The van der Waals surface area contributed by atoms with Gasteiger partial charge in [0.2, 0.25) is 0 Å². The lowest BCUT2D eigenvalue weighted by atomic mass is 9.76. The Balaban J connectivity index is 1.75. The predicted octanol–water partition coefficient (Wildman–Crippen LogP) is 7.95. The zero-order valence-electron chi connectivity index (χ0n) is 18.8. The lowest BCUT2D eigenvalue weighted by molar-refractivity contribution is 0.413. The van der Waals surface area contributed by atoms with Gasteiger partial charge in [-0.2, -0.15) is 0 Å². The number of fused-ring (bicyclic) bond motifs is 1. The lowest BCUT2D eigenvalue weighted by Gasteiger charge is -2.33. The SMILES string of the molecule is COc1ccc(C2=N[C@H](c3ccc(Br)cc3)[C@H](c3ccc(Br)cc3)c3cc(OC)ccc32)cc1. The van der Waals surface area contributed by atoms with Gasteiger partial charge in [-0.15, -0.1) is 0 Å². The quantitative estimate of drug-likeness (QED) is 0.241. The minimum absolute atomic E-state index is 0.0429. The van der Waals surface area contributed by atoms with Crippen molar-refractivity contribution in [2.24, 2.45) is 4.99 Å². The maximum atomic E-state index is 5.64. The van der Waals surface area contributed by atoms with Crippen LogP contribution in [0.25, 0.3) is 0 Å².